The van der Waals surface area contributed by atoms with Crippen LogP contribution in [0.1, 0.15) is 19.4 Å². The molecule has 1 unspecified atom stereocenters. The first-order valence-electron chi connectivity index (χ1n) is 5.36. The summed E-state index contributed by atoms with van der Waals surface area (Å²) in [5, 5.41) is 15.4. The van der Waals surface area contributed by atoms with E-state index in [0.29, 0.717) is 6.54 Å². The molecule has 1 aromatic carbocycles. The lowest BCUT2D eigenvalue weighted by Gasteiger charge is -2.24. The number of nitrogens with one attached hydrogen (secondary N) is 2. The van der Waals surface area contributed by atoms with Gasteiger partial charge >= 0.3 is 6.03 Å². The van der Waals surface area contributed by atoms with Gasteiger partial charge in [0.1, 0.15) is 5.60 Å². The van der Waals surface area contributed by atoms with Gasteiger partial charge in [0.2, 0.25) is 0 Å². The molecule has 4 nitrogen and oxygen atoms in total. The van der Waals surface area contributed by atoms with Crippen molar-refractivity contribution < 1.29 is 9.90 Å². The van der Waals surface area contributed by atoms with Gasteiger partial charge in [0.25, 0.3) is 0 Å². The van der Waals surface area contributed by atoms with E-state index in [2.05, 4.69) is 10.6 Å². The number of hydrogen-bond donors (Lipinski definition) is 3. The second-order valence-electron chi connectivity index (χ2n) is 3.85. The minimum atomic E-state index is -1.05. The molecule has 0 spiro atoms. The number of hydrogen-bond acceptors (Lipinski definition) is 2. The average Bonchev–Trinajstić information content (AvgIpc) is 2.28. The van der Waals surface area contributed by atoms with Crippen LogP contribution >= 0.6 is 0 Å². The molecule has 1 rings (SSSR count). The van der Waals surface area contributed by atoms with Crippen molar-refractivity contribution in [2.75, 3.05) is 13.1 Å². The summed E-state index contributed by atoms with van der Waals surface area (Å²) in [6.45, 7) is 4.27. The second kappa shape index (κ2) is 5.51. The molecule has 0 saturated carbocycles. The van der Waals surface area contributed by atoms with Crippen molar-refractivity contribution in [3.63, 3.8) is 0 Å². The van der Waals surface area contributed by atoms with Gasteiger partial charge in [-0.15, -0.1) is 0 Å². The van der Waals surface area contributed by atoms with Crippen LogP contribution < -0.4 is 10.6 Å². The molecular formula is C12H18N2O2. The molecule has 2 amide bonds. The van der Waals surface area contributed by atoms with Crippen LogP contribution in [0.3, 0.4) is 0 Å². The molecule has 3 N–H and O–H groups in total. The third-order valence-electron chi connectivity index (χ3n) is 2.33. The lowest BCUT2D eigenvalue weighted by molar-refractivity contribution is 0.0594. The predicted molar refractivity (Wildman–Crippen MR) is 63.1 cm³/mol. The minimum Gasteiger partial charge on any atom is -0.384 e. The van der Waals surface area contributed by atoms with Gasteiger partial charge in [0.15, 0.2) is 0 Å². The zero-order valence-corrected chi connectivity index (χ0v) is 9.66. The Hall–Kier alpha value is -1.55. The Morgan fingerprint density at radius 1 is 1.31 bits per heavy atom. The molecule has 0 aliphatic carbocycles. The number of carbonyl (C=O) groups excluding carboxylic acids is 1. The van der Waals surface area contributed by atoms with Gasteiger partial charge in [0, 0.05) is 6.54 Å². The Balaban J connectivity index is 2.55. The zero-order valence-electron chi connectivity index (χ0n) is 9.66. The lowest BCUT2D eigenvalue weighted by Crippen LogP contribution is -2.43. The van der Waals surface area contributed by atoms with Crippen LogP contribution in [0, 0.1) is 0 Å². The summed E-state index contributed by atoms with van der Waals surface area (Å²) >= 11 is 0. The van der Waals surface area contributed by atoms with E-state index in [1.807, 2.05) is 37.3 Å². The molecule has 0 aliphatic heterocycles. The second-order valence-corrected chi connectivity index (χ2v) is 3.85. The highest BCUT2D eigenvalue weighted by molar-refractivity contribution is 5.73. The van der Waals surface area contributed by atoms with Crippen molar-refractivity contribution >= 4 is 6.03 Å². The van der Waals surface area contributed by atoms with E-state index < -0.39 is 5.60 Å². The summed E-state index contributed by atoms with van der Waals surface area (Å²) in [5.74, 6) is 0. The molecule has 1 aromatic rings. The molecule has 0 heterocycles. The summed E-state index contributed by atoms with van der Waals surface area (Å²) in [5.41, 5.74) is -0.265. The van der Waals surface area contributed by atoms with Crippen LogP contribution in [0.4, 0.5) is 4.79 Å². The molecule has 0 fully saturated rings. The molecule has 1 atom stereocenters. The standard InChI is InChI=1S/C12H18N2O2/c1-3-13-11(15)14-9-12(2,16)10-7-5-4-6-8-10/h4-8,16H,3,9H2,1-2H3,(H2,13,14,15). The molecule has 16 heavy (non-hydrogen) atoms. The quantitative estimate of drug-likeness (QED) is 0.717. The first-order valence-corrected chi connectivity index (χ1v) is 5.36. The Morgan fingerprint density at radius 2 is 1.94 bits per heavy atom. The predicted octanol–water partition coefficient (Wildman–Crippen LogP) is 1.21. The highest BCUT2D eigenvalue weighted by Crippen LogP contribution is 2.18. The number of aliphatic hydroxyl groups is 1. The number of rotatable bonds is 4. The van der Waals surface area contributed by atoms with Crippen molar-refractivity contribution in [3.8, 4) is 0 Å². The maximum atomic E-state index is 11.2. The van der Waals surface area contributed by atoms with Crippen LogP contribution in [0.2, 0.25) is 0 Å². The van der Waals surface area contributed by atoms with Gasteiger partial charge in [-0.3, -0.25) is 0 Å². The van der Waals surface area contributed by atoms with Gasteiger partial charge in [0.05, 0.1) is 6.54 Å². The van der Waals surface area contributed by atoms with Gasteiger partial charge in [-0.1, -0.05) is 30.3 Å². The number of carbonyl (C=O) groups is 1. The summed E-state index contributed by atoms with van der Waals surface area (Å²) < 4.78 is 0. The van der Waals surface area contributed by atoms with Crippen LogP contribution in [-0.4, -0.2) is 24.2 Å². The molecule has 0 aliphatic rings. The van der Waals surface area contributed by atoms with Crippen molar-refractivity contribution in [1.82, 2.24) is 10.6 Å². The first kappa shape index (κ1) is 12.5. The monoisotopic (exact) mass is 222 g/mol. The number of urea groups is 1. The van der Waals surface area contributed by atoms with Crippen molar-refractivity contribution in [3.05, 3.63) is 35.9 Å². The third-order valence-corrected chi connectivity index (χ3v) is 2.33. The van der Waals surface area contributed by atoms with E-state index in [0.717, 1.165) is 5.56 Å². The van der Waals surface area contributed by atoms with E-state index in [1.165, 1.54) is 0 Å². The Bertz CT molecular complexity index is 336. The van der Waals surface area contributed by atoms with Gasteiger partial charge in [-0.2, -0.15) is 0 Å². The minimum absolute atomic E-state index is 0.183. The molecular weight excluding hydrogens is 204 g/mol. The summed E-state index contributed by atoms with van der Waals surface area (Å²) in [7, 11) is 0. The molecule has 4 heteroatoms. The number of amides is 2. The highest BCUT2D eigenvalue weighted by atomic mass is 16.3. The number of benzene rings is 1. The van der Waals surface area contributed by atoms with E-state index in [1.54, 1.807) is 6.92 Å². The average molecular weight is 222 g/mol. The summed E-state index contributed by atoms with van der Waals surface area (Å²) in [6, 6.07) is 9.00. The third kappa shape index (κ3) is 3.55. The Morgan fingerprint density at radius 3 is 2.50 bits per heavy atom. The Labute approximate surface area is 95.7 Å². The smallest absolute Gasteiger partial charge is 0.314 e. The summed E-state index contributed by atoms with van der Waals surface area (Å²) in [4.78, 5) is 11.2. The SMILES string of the molecule is CCNC(=O)NCC(C)(O)c1ccccc1. The fraction of sp³-hybridized carbons (Fsp3) is 0.417. The first-order chi connectivity index (χ1) is 7.56. The largest absolute Gasteiger partial charge is 0.384 e. The van der Waals surface area contributed by atoms with Gasteiger partial charge < -0.3 is 15.7 Å². The fourth-order valence-corrected chi connectivity index (χ4v) is 1.37. The van der Waals surface area contributed by atoms with Crippen molar-refractivity contribution in [2.24, 2.45) is 0 Å². The Kier molecular flexibility index (Phi) is 4.31. The molecule has 0 bridgehead atoms. The fourth-order valence-electron chi connectivity index (χ4n) is 1.37. The maximum Gasteiger partial charge on any atom is 0.314 e. The van der Waals surface area contributed by atoms with E-state index in [4.69, 9.17) is 0 Å². The lowest BCUT2D eigenvalue weighted by atomic mass is 9.96. The topological polar surface area (TPSA) is 61.4 Å². The summed E-state index contributed by atoms with van der Waals surface area (Å²) in [6.07, 6.45) is 0. The normalized spacial score (nSPS) is 13.9. The van der Waals surface area contributed by atoms with E-state index in [9.17, 15) is 9.90 Å². The van der Waals surface area contributed by atoms with Crippen molar-refractivity contribution in [2.45, 2.75) is 19.4 Å². The van der Waals surface area contributed by atoms with Crippen LogP contribution in [0.5, 0.6) is 0 Å². The zero-order chi connectivity index (χ0) is 12.0. The van der Waals surface area contributed by atoms with E-state index in [-0.39, 0.29) is 12.6 Å². The van der Waals surface area contributed by atoms with E-state index >= 15 is 0 Å². The van der Waals surface area contributed by atoms with Gasteiger partial charge in [-0.05, 0) is 19.4 Å². The van der Waals surface area contributed by atoms with Gasteiger partial charge in [-0.25, -0.2) is 4.79 Å². The maximum absolute atomic E-state index is 11.2. The van der Waals surface area contributed by atoms with Crippen LogP contribution in [0.15, 0.2) is 30.3 Å². The van der Waals surface area contributed by atoms with Crippen molar-refractivity contribution in [1.29, 1.82) is 0 Å². The van der Waals surface area contributed by atoms with Crippen LogP contribution in [0.25, 0.3) is 0 Å². The molecule has 0 saturated heterocycles. The van der Waals surface area contributed by atoms with Crippen LogP contribution in [-0.2, 0) is 5.60 Å². The molecule has 0 radical (unpaired) electrons. The molecule has 88 valence electrons. The highest BCUT2D eigenvalue weighted by Gasteiger charge is 2.23. The molecule has 0 aromatic heterocycles.